The monoisotopic (exact) mass is 302 g/mol. The van der Waals surface area contributed by atoms with E-state index in [9.17, 15) is 18.4 Å². The van der Waals surface area contributed by atoms with Crippen molar-refractivity contribution in [1.82, 2.24) is 0 Å². The van der Waals surface area contributed by atoms with E-state index >= 15 is 0 Å². The second-order valence-corrected chi connectivity index (χ2v) is 3.97. The van der Waals surface area contributed by atoms with Crippen LogP contribution in [0.25, 0.3) is 0 Å². The van der Waals surface area contributed by atoms with Gasteiger partial charge in [-0.05, 0) is 25.1 Å². The maximum Gasteiger partial charge on any atom is 0.387 e. The number of halogens is 2. The minimum Gasteiger partial charge on any atom is -0.490 e. The van der Waals surface area contributed by atoms with Crippen molar-refractivity contribution in [3.63, 3.8) is 0 Å². The van der Waals surface area contributed by atoms with Gasteiger partial charge in [-0.1, -0.05) is 0 Å². The minimum absolute atomic E-state index is 0.0344. The Morgan fingerprint density at radius 1 is 1.19 bits per heavy atom. The molecule has 0 N–H and O–H groups in total. The zero-order chi connectivity index (χ0) is 15.8. The Morgan fingerprint density at radius 3 is 2.48 bits per heavy atom. The molecule has 116 valence electrons. The second-order valence-electron chi connectivity index (χ2n) is 3.97. The first-order valence-corrected chi connectivity index (χ1v) is 6.29. The van der Waals surface area contributed by atoms with Crippen LogP contribution in [0.2, 0.25) is 0 Å². The molecule has 0 spiro atoms. The first kappa shape index (κ1) is 16.9. The van der Waals surface area contributed by atoms with Gasteiger partial charge in [0.15, 0.2) is 17.3 Å². The predicted molar refractivity (Wildman–Crippen MR) is 69.8 cm³/mol. The van der Waals surface area contributed by atoms with Gasteiger partial charge >= 0.3 is 12.6 Å². The standard InChI is InChI=1S/C14H16F2O5/c1-3-20-12-8-9(4-6-11(12)21-14(15)16)10(17)5-7-13(18)19-2/h4,6,8,14H,3,5,7H2,1-2H3. The van der Waals surface area contributed by atoms with Crippen LogP contribution in [-0.2, 0) is 9.53 Å². The second kappa shape index (κ2) is 8.18. The highest BCUT2D eigenvalue weighted by Gasteiger charge is 2.15. The summed E-state index contributed by atoms with van der Waals surface area (Å²) in [5, 5.41) is 0. The van der Waals surface area contributed by atoms with Gasteiger partial charge in [0.05, 0.1) is 20.1 Å². The molecule has 1 aromatic carbocycles. The number of esters is 1. The molecular formula is C14H16F2O5. The van der Waals surface area contributed by atoms with Crippen LogP contribution >= 0.6 is 0 Å². The maximum absolute atomic E-state index is 12.3. The molecular weight excluding hydrogens is 286 g/mol. The van der Waals surface area contributed by atoms with Crippen LogP contribution < -0.4 is 9.47 Å². The fourth-order valence-electron chi connectivity index (χ4n) is 1.61. The van der Waals surface area contributed by atoms with E-state index in [2.05, 4.69) is 9.47 Å². The number of carbonyl (C=O) groups is 2. The number of carbonyl (C=O) groups excluding carboxylic acids is 2. The summed E-state index contributed by atoms with van der Waals surface area (Å²) in [5.74, 6) is -0.894. The first-order valence-electron chi connectivity index (χ1n) is 6.29. The van der Waals surface area contributed by atoms with Gasteiger partial charge in [0.2, 0.25) is 0 Å². The highest BCUT2D eigenvalue weighted by Crippen LogP contribution is 2.30. The van der Waals surface area contributed by atoms with Crippen LogP contribution in [0.15, 0.2) is 18.2 Å². The van der Waals surface area contributed by atoms with Gasteiger partial charge in [0.1, 0.15) is 0 Å². The molecule has 21 heavy (non-hydrogen) atoms. The number of alkyl halides is 2. The van der Waals surface area contributed by atoms with Crippen molar-refractivity contribution < 1.29 is 32.6 Å². The lowest BCUT2D eigenvalue weighted by atomic mass is 10.1. The van der Waals surface area contributed by atoms with Crippen LogP contribution in [0.3, 0.4) is 0 Å². The zero-order valence-electron chi connectivity index (χ0n) is 11.7. The zero-order valence-corrected chi connectivity index (χ0v) is 11.7. The third-order valence-corrected chi connectivity index (χ3v) is 2.57. The number of rotatable bonds is 8. The van der Waals surface area contributed by atoms with E-state index in [1.54, 1.807) is 6.92 Å². The van der Waals surface area contributed by atoms with Gasteiger partial charge < -0.3 is 14.2 Å². The molecule has 0 aliphatic carbocycles. The molecule has 0 aliphatic heterocycles. The summed E-state index contributed by atoms with van der Waals surface area (Å²) in [4.78, 5) is 22.9. The van der Waals surface area contributed by atoms with Crippen LogP contribution in [0, 0.1) is 0 Å². The van der Waals surface area contributed by atoms with Crippen molar-refractivity contribution >= 4 is 11.8 Å². The molecule has 0 aliphatic rings. The van der Waals surface area contributed by atoms with Crippen LogP contribution in [0.1, 0.15) is 30.1 Å². The third-order valence-electron chi connectivity index (χ3n) is 2.57. The lowest BCUT2D eigenvalue weighted by molar-refractivity contribution is -0.140. The fourth-order valence-corrected chi connectivity index (χ4v) is 1.61. The molecule has 0 amide bonds. The van der Waals surface area contributed by atoms with Crippen molar-refractivity contribution in [3.8, 4) is 11.5 Å². The summed E-state index contributed by atoms with van der Waals surface area (Å²) >= 11 is 0. The van der Waals surface area contributed by atoms with Crippen molar-refractivity contribution in [2.75, 3.05) is 13.7 Å². The Balaban J connectivity index is 2.86. The summed E-state index contributed by atoms with van der Waals surface area (Å²) in [7, 11) is 1.23. The Hall–Kier alpha value is -2.18. The number of hydrogen-bond donors (Lipinski definition) is 0. The number of hydrogen-bond acceptors (Lipinski definition) is 5. The van der Waals surface area contributed by atoms with Gasteiger partial charge in [0, 0.05) is 12.0 Å². The molecule has 1 rings (SSSR count). The van der Waals surface area contributed by atoms with E-state index < -0.39 is 12.6 Å². The summed E-state index contributed by atoms with van der Waals surface area (Å²) < 4.78 is 38.4. The van der Waals surface area contributed by atoms with Crippen molar-refractivity contribution in [2.45, 2.75) is 26.4 Å². The number of ether oxygens (including phenoxy) is 3. The normalized spacial score (nSPS) is 10.3. The van der Waals surface area contributed by atoms with Crippen molar-refractivity contribution in [1.29, 1.82) is 0 Å². The number of benzene rings is 1. The highest BCUT2D eigenvalue weighted by molar-refractivity contribution is 5.98. The molecule has 0 saturated carbocycles. The maximum atomic E-state index is 12.3. The van der Waals surface area contributed by atoms with Crippen LogP contribution in [0.4, 0.5) is 8.78 Å². The minimum atomic E-state index is -2.98. The Labute approximate surface area is 120 Å². The fraction of sp³-hybridized carbons (Fsp3) is 0.429. The lowest BCUT2D eigenvalue weighted by Gasteiger charge is -2.12. The topological polar surface area (TPSA) is 61.8 Å². The van der Waals surface area contributed by atoms with Gasteiger partial charge in [0.25, 0.3) is 0 Å². The largest absolute Gasteiger partial charge is 0.490 e. The van der Waals surface area contributed by atoms with E-state index in [4.69, 9.17) is 4.74 Å². The summed E-state index contributed by atoms with van der Waals surface area (Å²) in [6.07, 6.45) is -0.0815. The third kappa shape index (κ3) is 5.37. The van der Waals surface area contributed by atoms with Gasteiger partial charge in [-0.3, -0.25) is 9.59 Å². The smallest absolute Gasteiger partial charge is 0.387 e. The molecule has 0 bridgehead atoms. The molecule has 5 nitrogen and oxygen atoms in total. The Kier molecular flexibility index (Phi) is 6.58. The molecule has 0 heterocycles. The van der Waals surface area contributed by atoms with Crippen LogP contribution in [0.5, 0.6) is 11.5 Å². The molecule has 0 fully saturated rings. The van der Waals surface area contributed by atoms with Crippen molar-refractivity contribution in [2.24, 2.45) is 0 Å². The van der Waals surface area contributed by atoms with Gasteiger partial charge in [-0.15, -0.1) is 0 Å². The lowest BCUT2D eigenvalue weighted by Crippen LogP contribution is -2.08. The van der Waals surface area contributed by atoms with E-state index in [1.165, 1.54) is 25.3 Å². The van der Waals surface area contributed by atoms with Crippen molar-refractivity contribution in [3.05, 3.63) is 23.8 Å². The average Bonchev–Trinajstić information content (AvgIpc) is 2.45. The van der Waals surface area contributed by atoms with E-state index in [-0.39, 0.29) is 42.3 Å². The Bertz CT molecular complexity index is 502. The van der Waals surface area contributed by atoms with Gasteiger partial charge in [-0.25, -0.2) is 0 Å². The molecule has 0 atom stereocenters. The molecule has 0 radical (unpaired) electrons. The average molecular weight is 302 g/mol. The highest BCUT2D eigenvalue weighted by atomic mass is 19.3. The van der Waals surface area contributed by atoms with E-state index in [1.807, 2.05) is 0 Å². The van der Waals surface area contributed by atoms with E-state index in [0.29, 0.717) is 0 Å². The van der Waals surface area contributed by atoms with E-state index in [0.717, 1.165) is 0 Å². The summed E-state index contributed by atoms with van der Waals surface area (Å²) in [5.41, 5.74) is 0.254. The molecule has 1 aromatic rings. The summed E-state index contributed by atoms with van der Waals surface area (Å²) in [6.45, 7) is -1.07. The molecule has 7 heteroatoms. The summed E-state index contributed by atoms with van der Waals surface area (Å²) in [6, 6.07) is 3.91. The SMILES string of the molecule is CCOc1cc(C(=O)CCC(=O)OC)ccc1OC(F)F. The first-order chi connectivity index (χ1) is 9.97. The van der Waals surface area contributed by atoms with Crippen LogP contribution in [-0.4, -0.2) is 32.1 Å². The predicted octanol–water partition coefficient (Wildman–Crippen LogP) is 2.82. The molecule has 0 aromatic heterocycles. The molecule has 0 saturated heterocycles. The number of methoxy groups -OCH3 is 1. The number of ketones is 1. The Morgan fingerprint density at radius 2 is 1.90 bits per heavy atom. The molecule has 0 unspecified atom stereocenters. The van der Waals surface area contributed by atoms with Gasteiger partial charge in [-0.2, -0.15) is 8.78 Å². The quantitative estimate of drug-likeness (QED) is 0.546. The number of Topliss-reactive ketones (excluding diaryl/α,β-unsaturated/α-hetero) is 1.